The third kappa shape index (κ3) is 3.69. The first-order valence-electron chi connectivity index (χ1n) is 6.53. The van der Waals surface area contributed by atoms with Gasteiger partial charge in [-0.1, -0.05) is 19.9 Å². The van der Waals surface area contributed by atoms with E-state index in [2.05, 4.69) is 107 Å². The predicted octanol–water partition coefficient (Wildman–Crippen LogP) is 6.36. The van der Waals surface area contributed by atoms with Gasteiger partial charge in [-0.3, -0.25) is 0 Å². The second-order valence-electron chi connectivity index (χ2n) is 5.79. The van der Waals surface area contributed by atoms with Crippen LogP contribution in [-0.2, 0) is 0 Å². The lowest BCUT2D eigenvalue weighted by molar-refractivity contribution is 0.396. The quantitative estimate of drug-likeness (QED) is 0.340. The first-order chi connectivity index (χ1) is 9.29. The highest BCUT2D eigenvalue weighted by atomic mass is 127. The van der Waals surface area contributed by atoms with Crippen LogP contribution in [0.25, 0.3) is 0 Å². The van der Waals surface area contributed by atoms with Gasteiger partial charge >= 0.3 is 0 Å². The van der Waals surface area contributed by atoms with Crippen molar-refractivity contribution in [3.8, 4) is 0 Å². The van der Waals surface area contributed by atoms with Crippen LogP contribution in [0.5, 0.6) is 0 Å². The fraction of sp³-hybridized carbons (Fsp3) is 0.375. The molecule has 0 heterocycles. The van der Waals surface area contributed by atoms with Gasteiger partial charge in [0.15, 0.2) is 0 Å². The summed E-state index contributed by atoms with van der Waals surface area (Å²) in [5.41, 5.74) is 3.41. The molecule has 2 rings (SSSR count). The number of aryl methyl sites for hydroxylation is 1. The first kappa shape index (κ1) is 16.1. The number of rotatable bonds is 2. The Morgan fingerprint density at radius 3 is 2.45 bits per heavy atom. The maximum Gasteiger partial charge on any atom is 0.101 e. The molecule has 0 amide bonds. The van der Waals surface area contributed by atoms with E-state index < -0.39 is 0 Å². The molecular weight excluding hydrogens is 474 g/mol. The third-order valence-corrected chi connectivity index (χ3v) is 4.75. The molecule has 0 bridgehead atoms. The van der Waals surface area contributed by atoms with E-state index in [4.69, 9.17) is 0 Å². The summed E-state index contributed by atoms with van der Waals surface area (Å²) in [4.78, 5) is 0. The fourth-order valence-corrected chi connectivity index (χ4v) is 4.39. The summed E-state index contributed by atoms with van der Waals surface area (Å²) in [7, 11) is 0. The highest BCUT2D eigenvalue weighted by Gasteiger charge is 2.32. The largest absolute Gasteiger partial charge is 0.180 e. The first-order valence-corrected chi connectivity index (χ1v) is 8.69. The second kappa shape index (κ2) is 6.25. The molecule has 2 nitrogen and oxygen atoms in total. The molecule has 106 valence electrons. The molecule has 0 aromatic heterocycles. The Morgan fingerprint density at radius 1 is 1.15 bits per heavy atom. The van der Waals surface area contributed by atoms with E-state index in [9.17, 15) is 0 Å². The summed E-state index contributed by atoms with van der Waals surface area (Å²) in [6.07, 6.45) is 4.46. The number of benzene rings is 1. The number of halogens is 2. The Hall–Kier alpha value is -0.240. The molecule has 1 aromatic carbocycles. The zero-order chi connectivity index (χ0) is 14.9. The van der Waals surface area contributed by atoms with Crippen molar-refractivity contribution in [3.63, 3.8) is 0 Å². The summed E-state index contributed by atoms with van der Waals surface area (Å²) >= 11 is 4.68. The number of azo groups is 1. The van der Waals surface area contributed by atoms with Gasteiger partial charge < -0.3 is 0 Å². The second-order valence-corrected chi connectivity index (χ2v) is 8.28. The van der Waals surface area contributed by atoms with Crippen molar-refractivity contribution in [3.05, 3.63) is 48.6 Å². The monoisotopic (exact) mass is 492 g/mol. The van der Waals surface area contributed by atoms with Crippen molar-refractivity contribution in [1.29, 1.82) is 0 Å². The highest BCUT2D eigenvalue weighted by molar-refractivity contribution is 14.1. The lowest BCUT2D eigenvalue weighted by Gasteiger charge is -2.31. The maximum absolute atomic E-state index is 4.62. The number of hydrogen-bond acceptors (Lipinski definition) is 2. The molecule has 0 saturated heterocycles. The number of allylic oxidation sites excluding steroid dienone is 2. The lowest BCUT2D eigenvalue weighted by atomic mass is 9.78. The predicted molar refractivity (Wildman–Crippen MR) is 102 cm³/mol. The van der Waals surface area contributed by atoms with Gasteiger partial charge in [0.05, 0.1) is 5.69 Å². The van der Waals surface area contributed by atoms with Crippen molar-refractivity contribution < 1.29 is 0 Å². The van der Waals surface area contributed by atoms with Crippen LogP contribution in [0.15, 0.2) is 49.7 Å². The topological polar surface area (TPSA) is 24.7 Å². The third-order valence-electron chi connectivity index (χ3n) is 3.45. The minimum absolute atomic E-state index is 0.00989. The standard InChI is InChI=1S/C16H18I2N2/c1-10-7-12(17)5-6-14(10)19-20-15-11(2)8-13(18)9-16(15,3)4/h5-9,15H,1-4H3. The summed E-state index contributed by atoms with van der Waals surface area (Å²) < 4.78 is 2.51. The van der Waals surface area contributed by atoms with Gasteiger partial charge in [0.2, 0.25) is 0 Å². The highest BCUT2D eigenvalue weighted by Crippen LogP contribution is 2.38. The fourth-order valence-electron chi connectivity index (χ4n) is 2.45. The molecule has 1 aliphatic carbocycles. The van der Waals surface area contributed by atoms with Crippen LogP contribution in [0, 0.1) is 15.9 Å². The van der Waals surface area contributed by atoms with E-state index in [1.807, 2.05) is 6.07 Å². The minimum Gasteiger partial charge on any atom is -0.180 e. The van der Waals surface area contributed by atoms with Crippen LogP contribution in [-0.4, -0.2) is 6.04 Å². The number of hydrogen-bond donors (Lipinski definition) is 0. The molecular formula is C16H18I2N2. The summed E-state index contributed by atoms with van der Waals surface area (Å²) in [6, 6.07) is 6.35. The molecule has 0 radical (unpaired) electrons. The number of nitrogens with zero attached hydrogens (tertiary/aromatic N) is 2. The smallest absolute Gasteiger partial charge is 0.101 e. The van der Waals surface area contributed by atoms with E-state index >= 15 is 0 Å². The zero-order valence-corrected chi connectivity index (χ0v) is 16.4. The molecule has 0 aliphatic heterocycles. The van der Waals surface area contributed by atoms with Gasteiger partial charge in [-0.25, -0.2) is 0 Å². The maximum atomic E-state index is 4.62. The Kier molecular flexibility index (Phi) is 5.05. The van der Waals surface area contributed by atoms with Crippen LogP contribution in [0.4, 0.5) is 5.69 Å². The molecule has 0 saturated carbocycles. The molecule has 1 aromatic rings. The zero-order valence-electron chi connectivity index (χ0n) is 12.1. The lowest BCUT2D eigenvalue weighted by Crippen LogP contribution is -2.29. The van der Waals surface area contributed by atoms with Crippen LogP contribution in [0.3, 0.4) is 0 Å². The minimum atomic E-state index is 0.00989. The van der Waals surface area contributed by atoms with E-state index in [-0.39, 0.29) is 11.5 Å². The molecule has 0 N–H and O–H groups in total. The Balaban J connectivity index is 2.29. The van der Waals surface area contributed by atoms with E-state index in [0.29, 0.717) is 0 Å². The van der Waals surface area contributed by atoms with E-state index in [1.165, 1.54) is 18.3 Å². The average Bonchev–Trinajstić information content (AvgIpc) is 2.29. The Morgan fingerprint density at radius 2 is 1.85 bits per heavy atom. The van der Waals surface area contributed by atoms with Crippen LogP contribution in [0.2, 0.25) is 0 Å². The Bertz CT molecular complexity index is 613. The Labute approximate surface area is 148 Å². The summed E-state index contributed by atoms with van der Waals surface area (Å²) in [6.45, 7) is 8.64. The molecule has 0 spiro atoms. The van der Waals surface area contributed by atoms with Crippen molar-refractivity contribution in [2.75, 3.05) is 0 Å². The van der Waals surface area contributed by atoms with Gasteiger partial charge in [0, 0.05) is 12.6 Å². The van der Waals surface area contributed by atoms with Gasteiger partial charge in [0.1, 0.15) is 6.04 Å². The summed E-state index contributed by atoms with van der Waals surface area (Å²) in [5.74, 6) is 0. The average molecular weight is 492 g/mol. The van der Waals surface area contributed by atoms with Gasteiger partial charge in [-0.2, -0.15) is 10.2 Å². The SMILES string of the molecule is CC1=CC(I)=CC(C)(C)C1N=Nc1ccc(I)cc1C. The molecule has 20 heavy (non-hydrogen) atoms. The van der Waals surface area contributed by atoms with Crippen molar-refractivity contribution >= 4 is 50.9 Å². The molecule has 4 heteroatoms. The molecule has 1 atom stereocenters. The molecule has 0 fully saturated rings. The van der Waals surface area contributed by atoms with Crippen molar-refractivity contribution in [2.45, 2.75) is 33.7 Å². The van der Waals surface area contributed by atoms with Gasteiger partial charge in [0.25, 0.3) is 0 Å². The molecule has 1 aliphatic rings. The molecule has 1 unspecified atom stereocenters. The van der Waals surface area contributed by atoms with Crippen LogP contribution >= 0.6 is 45.2 Å². The van der Waals surface area contributed by atoms with E-state index in [1.54, 1.807) is 0 Å². The van der Waals surface area contributed by atoms with Crippen molar-refractivity contribution in [2.24, 2.45) is 15.6 Å². The van der Waals surface area contributed by atoms with Gasteiger partial charge in [-0.15, -0.1) is 0 Å². The summed E-state index contributed by atoms with van der Waals surface area (Å²) in [5, 5.41) is 9.11. The van der Waals surface area contributed by atoms with Crippen LogP contribution < -0.4 is 0 Å². The van der Waals surface area contributed by atoms with Crippen molar-refractivity contribution in [1.82, 2.24) is 0 Å². The van der Waals surface area contributed by atoms with E-state index in [0.717, 1.165) is 5.69 Å². The van der Waals surface area contributed by atoms with Gasteiger partial charge in [-0.05, 0) is 94.4 Å². The van der Waals surface area contributed by atoms with Crippen LogP contribution in [0.1, 0.15) is 26.3 Å². The normalized spacial score (nSPS) is 21.8.